The van der Waals surface area contributed by atoms with Gasteiger partial charge in [-0.3, -0.25) is 0 Å². The van der Waals surface area contributed by atoms with Gasteiger partial charge in [-0.05, 0) is 0 Å². The normalized spacial score (nSPS) is 39.2. The molecule has 1 N–H and O–H groups in total. The number of rotatable bonds is 4. The summed E-state index contributed by atoms with van der Waals surface area (Å²) in [5.74, 6) is 0.474. The van der Waals surface area contributed by atoms with E-state index < -0.39 is 0 Å². The minimum absolute atomic E-state index is 0.0110. The van der Waals surface area contributed by atoms with E-state index in [2.05, 4.69) is 10.2 Å². The van der Waals surface area contributed by atoms with Gasteiger partial charge < -0.3 is 0 Å². The Labute approximate surface area is 175 Å². The van der Waals surface area contributed by atoms with E-state index in [0.29, 0.717) is 9.83 Å². The number of carbonyl (C=O) groups excluding carboxylic acids is 2. The summed E-state index contributed by atoms with van der Waals surface area (Å²) in [6.07, 6.45) is 15.3. The molecule has 0 aromatic heterocycles. The second-order valence-electron chi connectivity index (χ2n) is 8.60. The van der Waals surface area contributed by atoms with Crippen molar-refractivity contribution in [1.82, 2.24) is 10.2 Å². The van der Waals surface area contributed by atoms with Gasteiger partial charge in [0.2, 0.25) is 0 Å². The molecule has 2 amide bonds. The van der Waals surface area contributed by atoms with E-state index in [-0.39, 0.29) is 36.2 Å². The molecule has 1 aliphatic heterocycles. The van der Waals surface area contributed by atoms with Crippen molar-refractivity contribution < 1.29 is 30.8 Å². The molecule has 1 saturated heterocycles. The average Bonchev–Trinajstić information content (AvgIpc) is 2.90. The maximum absolute atomic E-state index is 13.1. The van der Waals surface area contributed by atoms with Crippen molar-refractivity contribution in [3.05, 3.63) is 0 Å². The first-order valence-electron chi connectivity index (χ1n) is 9.93. The summed E-state index contributed by atoms with van der Waals surface area (Å²) in [6.45, 7) is 0.976. The second-order valence-corrected chi connectivity index (χ2v) is 13.6. The summed E-state index contributed by atoms with van der Waals surface area (Å²) in [5, 5.41) is 3.10. The van der Waals surface area contributed by atoms with Crippen LogP contribution in [0.5, 0.6) is 0 Å². The molecule has 4 aliphatic carbocycles. The number of carbonyl (C=O) groups is 2. The van der Waals surface area contributed by atoms with Crippen LogP contribution in [0.4, 0.5) is 4.79 Å². The van der Waals surface area contributed by atoms with Crippen LogP contribution in [0.25, 0.3) is 0 Å². The molecular formula is C19H29I2N2O2-. The summed E-state index contributed by atoms with van der Waals surface area (Å²) >= 11 is 1.81. The third-order valence-electron chi connectivity index (χ3n) is 6.69. The summed E-state index contributed by atoms with van der Waals surface area (Å²) in [5.41, 5.74) is 0.149. The molecule has 4 saturated carbocycles. The summed E-state index contributed by atoms with van der Waals surface area (Å²) in [7, 11) is 0. The SMILES string of the molecule is O=C(I)NC12CC(N3CCC([I-]C4CCCCCCCC4)C3=O)(C1)C2. The number of likely N-dealkylation sites (tertiary alicyclic amines) is 1. The molecule has 142 valence electrons. The van der Waals surface area contributed by atoms with Gasteiger partial charge >= 0.3 is 176 Å². The predicted octanol–water partition coefficient (Wildman–Crippen LogP) is 0.999. The van der Waals surface area contributed by atoms with Gasteiger partial charge in [-0.1, -0.05) is 0 Å². The fourth-order valence-corrected chi connectivity index (χ4v) is 10.2. The molecule has 1 heterocycles. The van der Waals surface area contributed by atoms with Gasteiger partial charge in [-0.25, -0.2) is 0 Å². The second kappa shape index (κ2) is 7.43. The van der Waals surface area contributed by atoms with Gasteiger partial charge in [-0.2, -0.15) is 0 Å². The number of halogens is 2. The maximum atomic E-state index is 13.1. The Hall–Kier alpha value is 0.400. The van der Waals surface area contributed by atoms with E-state index in [1.54, 1.807) is 0 Å². The van der Waals surface area contributed by atoms with E-state index in [1.165, 1.54) is 51.4 Å². The van der Waals surface area contributed by atoms with Crippen LogP contribution in [0.2, 0.25) is 0 Å². The average molecular weight is 571 g/mol. The zero-order valence-corrected chi connectivity index (χ0v) is 19.2. The molecule has 0 aromatic rings. The van der Waals surface area contributed by atoms with E-state index in [0.717, 1.165) is 36.2 Å². The molecule has 5 rings (SSSR count). The third kappa shape index (κ3) is 3.72. The van der Waals surface area contributed by atoms with E-state index >= 15 is 0 Å². The number of hydrogen-bond donors (Lipinski definition) is 1. The molecule has 1 atom stereocenters. The molecule has 6 heteroatoms. The van der Waals surface area contributed by atoms with Gasteiger partial charge in [0.1, 0.15) is 0 Å². The molecule has 5 aliphatic rings. The van der Waals surface area contributed by atoms with Crippen molar-refractivity contribution in [2.75, 3.05) is 6.54 Å². The number of nitrogens with zero attached hydrogens (tertiary/aromatic N) is 1. The molecule has 5 fully saturated rings. The first-order chi connectivity index (χ1) is 12.0. The molecule has 4 nitrogen and oxygen atoms in total. The topological polar surface area (TPSA) is 49.4 Å². The molecule has 0 aromatic carbocycles. The standard InChI is InChI=1S/C19H29I2N2O2/c20-17(25)22-18-11-19(12-18,13-18)23-10-9-15(16(23)24)21-14-7-5-3-1-2-4-6-8-14/h14-15H,1-13H2,(H,22,25)/q-1. The summed E-state index contributed by atoms with van der Waals surface area (Å²) < 4.78 is 1.31. The Bertz CT molecular complexity index is 524. The molecule has 25 heavy (non-hydrogen) atoms. The molecule has 2 bridgehead atoms. The van der Waals surface area contributed by atoms with E-state index in [4.69, 9.17) is 0 Å². The first kappa shape index (κ1) is 18.7. The van der Waals surface area contributed by atoms with Crippen LogP contribution in [0.3, 0.4) is 0 Å². The third-order valence-corrected chi connectivity index (χ3v) is 11.2. The molecular weight excluding hydrogens is 542 g/mol. The zero-order chi connectivity index (χ0) is 17.5. The number of amides is 2. The van der Waals surface area contributed by atoms with Gasteiger partial charge in [0.05, 0.1) is 0 Å². The van der Waals surface area contributed by atoms with Crippen LogP contribution in [0.1, 0.15) is 77.0 Å². The summed E-state index contributed by atoms with van der Waals surface area (Å²) in [4.78, 5) is 26.6. The van der Waals surface area contributed by atoms with Crippen LogP contribution < -0.4 is 26.5 Å². The van der Waals surface area contributed by atoms with Crippen molar-refractivity contribution in [3.8, 4) is 0 Å². The first-order valence-corrected chi connectivity index (χ1v) is 13.5. The van der Waals surface area contributed by atoms with Crippen LogP contribution in [0, 0.1) is 0 Å². The fourth-order valence-electron chi connectivity index (χ4n) is 5.52. The van der Waals surface area contributed by atoms with Gasteiger partial charge in [0, 0.05) is 0 Å². The summed E-state index contributed by atoms with van der Waals surface area (Å²) in [6, 6.07) is 0. The van der Waals surface area contributed by atoms with Crippen molar-refractivity contribution in [2.24, 2.45) is 0 Å². The van der Waals surface area contributed by atoms with Crippen LogP contribution in [0.15, 0.2) is 0 Å². The minimum atomic E-state index is -0.0110. The van der Waals surface area contributed by atoms with Crippen LogP contribution >= 0.6 is 22.6 Å². The van der Waals surface area contributed by atoms with Gasteiger partial charge in [0.15, 0.2) is 0 Å². The van der Waals surface area contributed by atoms with Crippen molar-refractivity contribution in [2.45, 2.75) is 96.0 Å². The Morgan fingerprint density at radius 1 is 1.04 bits per heavy atom. The predicted molar refractivity (Wildman–Crippen MR) is 103 cm³/mol. The van der Waals surface area contributed by atoms with Crippen LogP contribution in [-0.4, -0.2) is 40.2 Å². The molecule has 1 unspecified atom stereocenters. The van der Waals surface area contributed by atoms with Crippen molar-refractivity contribution in [3.63, 3.8) is 0 Å². The zero-order valence-electron chi connectivity index (χ0n) is 14.9. The van der Waals surface area contributed by atoms with Gasteiger partial charge in [-0.15, -0.1) is 0 Å². The van der Waals surface area contributed by atoms with Gasteiger partial charge in [0.25, 0.3) is 0 Å². The van der Waals surface area contributed by atoms with Crippen LogP contribution in [-0.2, 0) is 4.79 Å². The quantitative estimate of drug-likeness (QED) is 0.237. The molecule has 0 radical (unpaired) electrons. The number of hydrogen-bond acceptors (Lipinski definition) is 2. The van der Waals surface area contributed by atoms with E-state index in [9.17, 15) is 9.59 Å². The number of alkyl halides is 2. The Morgan fingerprint density at radius 3 is 2.24 bits per heavy atom. The van der Waals surface area contributed by atoms with E-state index in [1.807, 2.05) is 22.6 Å². The Kier molecular flexibility index (Phi) is 5.57. The van der Waals surface area contributed by atoms with Crippen molar-refractivity contribution in [1.29, 1.82) is 0 Å². The number of nitrogens with one attached hydrogen (secondary N) is 1. The molecule has 0 spiro atoms. The monoisotopic (exact) mass is 571 g/mol. The Balaban J connectivity index is 1.30. The van der Waals surface area contributed by atoms with Crippen molar-refractivity contribution >= 4 is 32.4 Å². The Morgan fingerprint density at radius 2 is 1.64 bits per heavy atom. The fraction of sp³-hybridized carbons (Fsp3) is 0.895.